The van der Waals surface area contributed by atoms with E-state index in [0.717, 1.165) is 44.1 Å². The average molecular weight is 535 g/mol. The maximum absolute atomic E-state index is 13.8. The number of amides is 1. The Balaban J connectivity index is 1.36. The number of hydrogen-bond donors (Lipinski definition) is 1. The predicted octanol–water partition coefficient (Wildman–Crippen LogP) is 4.85. The first-order valence-corrected chi connectivity index (χ1v) is 12.5. The summed E-state index contributed by atoms with van der Waals surface area (Å²) in [5.74, 6) is -3.63. The molecule has 0 spiro atoms. The van der Waals surface area contributed by atoms with Gasteiger partial charge in [-0.25, -0.2) is 23.7 Å². The molecule has 5 rings (SSSR count). The third kappa shape index (κ3) is 5.69. The van der Waals surface area contributed by atoms with E-state index in [1.54, 1.807) is 17.0 Å². The highest BCUT2D eigenvalue weighted by molar-refractivity contribution is 6.06. The van der Waals surface area contributed by atoms with Gasteiger partial charge in [0.25, 0.3) is 11.8 Å². The van der Waals surface area contributed by atoms with Gasteiger partial charge < -0.3 is 10.2 Å². The van der Waals surface area contributed by atoms with Crippen molar-refractivity contribution in [3.8, 4) is 0 Å². The monoisotopic (exact) mass is 534 g/mol. The van der Waals surface area contributed by atoms with Crippen molar-refractivity contribution in [3.63, 3.8) is 0 Å². The quantitative estimate of drug-likeness (QED) is 0.456. The molecule has 3 aromatic rings. The van der Waals surface area contributed by atoms with Crippen LogP contribution in [0.5, 0.6) is 0 Å². The third-order valence-corrected chi connectivity index (χ3v) is 7.13. The molecular weight excluding hydrogens is 507 g/mol. The predicted molar refractivity (Wildman–Crippen MR) is 131 cm³/mol. The Morgan fingerprint density at radius 3 is 2.34 bits per heavy atom. The van der Waals surface area contributed by atoms with Gasteiger partial charge in [0.1, 0.15) is 5.82 Å². The standard InChI is InChI=1S/C26H27F5N6O/c27-25(28)8-12-36(13-9-25)21(17-14-33-24(34-15-17)26(29,30)31)16-32-23(38)19-4-3-5-20-18(19)6-7-22(35-20)37-10-1-2-11-37/h3-7,14-15,21H,1-2,8-13,16H2,(H,32,38). The van der Waals surface area contributed by atoms with Gasteiger partial charge in [0, 0.05) is 74.5 Å². The second-order valence-electron chi connectivity index (χ2n) is 9.69. The molecule has 7 nitrogen and oxygen atoms in total. The van der Waals surface area contributed by atoms with Crippen LogP contribution in [0.3, 0.4) is 0 Å². The summed E-state index contributed by atoms with van der Waals surface area (Å²) in [4.78, 5) is 28.7. The van der Waals surface area contributed by atoms with Crippen LogP contribution in [-0.4, -0.2) is 64.4 Å². The first-order valence-electron chi connectivity index (χ1n) is 12.5. The molecule has 1 atom stereocenters. The Labute approximate surface area is 216 Å². The van der Waals surface area contributed by atoms with Crippen molar-refractivity contribution < 1.29 is 26.7 Å². The molecule has 12 heteroatoms. The van der Waals surface area contributed by atoms with Crippen LogP contribution >= 0.6 is 0 Å². The zero-order chi connectivity index (χ0) is 26.9. The van der Waals surface area contributed by atoms with E-state index in [0.29, 0.717) is 22.0 Å². The van der Waals surface area contributed by atoms with Gasteiger partial charge in [-0.2, -0.15) is 13.2 Å². The zero-order valence-electron chi connectivity index (χ0n) is 20.5. The van der Waals surface area contributed by atoms with Gasteiger partial charge in [0.05, 0.1) is 11.6 Å². The first-order chi connectivity index (χ1) is 18.1. The van der Waals surface area contributed by atoms with Crippen molar-refractivity contribution in [3.05, 3.63) is 59.7 Å². The van der Waals surface area contributed by atoms with Gasteiger partial charge in [-0.15, -0.1) is 0 Å². The van der Waals surface area contributed by atoms with Crippen LogP contribution in [0.25, 0.3) is 10.9 Å². The molecule has 2 aliphatic rings. The topological polar surface area (TPSA) is 74.2 Å². The number of likely N-dealkylation sites (tertiary alicyclic amines) is 1. The summed E-state index contributed by atoms with van der Waals surface area (Å²) in [6.45, 7) is 1.90. The van der Waals surface area contributed by atoms with Crippen molar-refractivity contribution >= 4 is 22.6 Å². The molecule has 0 aliphatic carbocycles. The Hall–Kier alpha value is -3.41. The molecule has 1 N–H and O–H groups in total. The molecule has 38 heavy (non-hydrogen) atoms. The highest BCUT2D eigenvalue weighted by Crippen LogP contribution is 2.33. The molecule has 1 amide bonds. The number of hydrogen-bond acceptors (Lipinski definition) is 6. The number of nitrogens with zero attached hydrogens (tertiary/aromatic N) is 5. The molecule has 0 saturated carbocycles. The maximum Gasteiger partial charge on any atom is 0.451 e. The fourth-order valence-electron chi connectivity index (χ4n) is 5.03. The van der Waals surface area contributed by atoms with E-state index >= 15 is 0 Å². The molecule has 2 fully saturated rings. The molecular formula is C26H27F5N6O. The van der Waals surface area contributed by atoms with Crippen LogP contribution in [0.2, 0.25) is 0 Å². The lowest BCUT2D eigenvalue weighted by atomic mass is 10.0. The largest absolute Gasteiger partial charge is 0.451 e. The fraction of sp³-hybridized carbons (Fsp3) is 0.462. The lowest BCUT2D eigenvalue weighted by molar-refractivity contribution is -0.145. The fourth-order valence-corrected chi connectivity index (χ4v) is 5.03. The maximum atomic E-state index is 13.8. The SMILES string of the molecule is O=C(NCC(c1cnc(C(F)(F)F)nc1)N1CCC(F)(F)CC1)c1cccc2nc(N3CCCC3)ccc12. The summed E-state index contributed by atoms with van der Waals surface area (Å²) in [6.07, 6.45) is -1.15. The minimum Gasteiger partial charge on any atom is -0.357 e. The minimum atomic E-state index is -4.70. The summed E-state index contributed by atoms with van der Waals surface area (Å²) in [5, 5.41) is 3.50. The van der Waals surface area contributed by atoms with Gasteiger partial charge in [0.15, 0.2) is 0 Å². The minimum absolute atomic E-state index is 0.0190. The van der Waals surface area contributed by atoms with Crippen LogP contribution in [-0.2, 0) is 6.18 Å². The number of carbonyl (C=O) groups excluding carboxylic acids is 1. The second kappa shape index (κ2) is 10.4. The summed E-state index contributed by atoms with van der Waals surface area (Å²) in [7, 11) is 0. The van der Waals surface area contributed by atoms with Gasteiger partial charge in [-0.05, 0) is 37.1 Å². The molecule has 4 heterocycles. The Bertz CT molecular complexity index is 1280. The summed E-state index contributed by atoms with van der Waals surface area (Å²) in [6, 6.07) is 8.33. The average Bonchev–Trinajstić information content (AvgIpc) is 3.44. The van der Waals surface area contributed by atoms with E-state index in [9.17, 15) is 26.7 Å². The van der Waals surface area contributed by atoms with E-state index in [4.69, 9.17) is 4.98 Å². The van der Waals surface area contributed by atoms with Gasteiger partial charge >= 0.3 is 6.18 Å². The van der Waals surface area contributed by atoms with Crippen LogP contribution in [0.15, 0.2) is 42.7 Å². The molecule has 0 bridgehead atoms. The highest BCUT2D eigenvalue weighted by atomic mass is 19.4. The van der Waals surface area contributed by atoms with E-state index in [2.05, 4.69) is 20.2 Å². The number of alkyl halides is 5. The molecule has 1 aromatic carbocycles. The number of benzene rings is 1. The number of anilines is 1. The zero-order valence-corrected chi connectivity index (χ0v) is 20.5. The van der Waals surface area contributed by atoms with Crippen molar-refractivity contribution in [1.29, 1.82) is 0 Å². The number of aromatic nitrogens is 3. The number of fused-ring (bicyclic) bond motifs is 1. The summed E-state index contributed by atoms with van der Waals surface area (Å²) < 4.78 is 66.4. The summed E-state index contributed by atoms with van der Waals surface area (Å²) >= 11 is 0. The van der Waals surface area contributed by atoms with Crippen molar-refractivity contribution in [2.24, 2.45) is 0 Å². The molecule has 202 valence electrons. The number of nitrogens with one attached hydrogen (secondary N) is 1. The van der Waals surface area contributed by atoms with E-state index in [1.165, 1.54) is 0 Å². The number of halogens is 5. The number of pyridine rings is 1. The van der Waals surface area contributed by atoms with Crippen molar-refractivity contribution in [2.45, 2.75) is 43.8 Å². The number of rotatable bonds is 6. The number of carbonyl (C=O) groups is 1. The van der Waals surface area contributed by atoms with Crippen LogP contribution < -0.4 is 10.2 Å². The second-order valence-corrected chi connectivity index (χ2v) is 9.69. The lowest BCUT2D eigenvalue weighted by Crippen LogP contribution is -2.45. The Morgan fingerprint density at radius 1 is 1.00 bits per heavy atom. The van der Waals surface area contributed by atoms with Crippen molar-refractivity contribution in [1.82, 2.24) is 25.2 Å². The number of piperidine rings is 1. The molecule has 2 saturated heterocycles. The van der Waals surface area contributed by atoms with Crippen LogP contribution in [0, 0.1) is 0 Å². The van der Waals surface area contributed by atoms with Gasteiger partial charge in [0.2, 0.25) is 5.82 Å². The Morgan fingerprint density at radius 2 is 1.68 bits per heavy atom. The Kier molecular flexibility index (Phi) is 7.17. The van der Waals surface area contributed by atoms with E-state index in [-0.39, 0.29) is 32.5 Å². The first kappa shape index (κ1) is 26.2. The lowest BCUT2D eigenvalue weighted by Gasteiger charge is -2.37. The molecule has 2 aromatic heterocycles. The third-order valence-electron chi connectivity index (χ3n) is 7.13. The molecule has 1 unspecified atom stereocenters. The van der Waals surface area contributed by atoms with Crippen LogP contribution in [0.4, 0.5) is 27.8 Å². The van der Waals surface area contributed by atoms with E-state index < -0.39 is 29.9 Å². The smallest absolute Gasteiger partial charge is 0.357 e. The summed E-state index contributed by atoms with van der Waals surface area (Å²) in [5.41, 5.74) is 1.38. The van der Waals surface area contributed by atoms with E-state index in [1.807, 2.05) is 18.2 Å². The normalized spacial score (nSPS) is 19.0. The van der Waals surface area contributed by atoms with Gasteiger partial charge in [-0.1, -0.05) is 6.07 Å². The van der Waals surface area contributed by atoms with Crippen LogP contribution in [0.1, 0.15) is 53.5 Å². The van der Waals surface area contributed by atoms with Crippen molar-refractivity contribution in [2.75, 3.05) is 37.6 Å². The molecule has 2 aliphatic heterocycles. The molecule has 0 radical (unpaired) electrons. The van der Waals surface area contributed by atoms with Gasteiger partial charge in [-0.3, -0.25) is 9.69 Å². The highest BCUT2D eigenvalue weighted by Gasteiger charge is 2.38.